The molecule has 0 saturated carbocycles. The molecule has 1 heterocycles. The maximum absolute atomic E-state index is 13.3. The van der Waals surface area contributed by atoms with Gasteiger partial charge in [0.1, 0.15) is 5.82 Å². The fraction of sp³-hybridized carbons (Fsp3) is 0.625. The van der Waals surface area contributed by atoms with Crippen LogP contribution in [0.4, 0.5) is 4.39 Å². The number of nitrogens with zero attached hydrogens (tertiary/aromatic N) is 1. The molecule has 3 nitrogen and oxygen atoms in total. The Morgan fingerprint density at radius 2 is 2.30 bits per heavy atom. The molecule has 0 radical (unpaired) electrons. The van der Waals surface area contributed by atoms with Crippen LogP contribution < -0.4 is 5.73 Å². The summed E-state index contributed by atoms with van der Waals surface area (Å²) in [5.41, 5.74) is 6.79. The van der Waals surface area contributed by atoms with Gasteiger partial charge in [-0.05, 0) is 50.9 Å². The van der Waals surface area contributed by atoms with Crippen molar-refractivity contribution in [1.82, 2.24) is 4.90 Å². The van der Waals surface area contributed by atoms with Gasteiger partial charge in [-0.2, -0.15) is 0 Å². The molecule has 0 spiro atoms. The molecule has 1 saturated heterocycles. The SMILES string of the molecule is CN(CC1CCCO1)C(C)(CN)Cc1cccc(F)c1. The summed E-state index contributed by atoms with van der Waals surface area (Å²) in [5.74, 6) is -0.191. The van der Waals surface area contributed by atoms with Crippen molar-refractivity contribution in [2.75, 3.05) is 26.7 Å². The summed E-state index contributed by atoms with van der Waals surface area (Å²) in [5, 5.41) is 0. The summed E-state index contributed by atoms with van der Waals surface area (Å²) in [6, 6.07) is 6.77. The lowest BCUT2D eigenvalue weighted by Gasteiger charge is -2.39. The summed E-state index contributed by atoms with van der Waals surface area (Å²) in [7, 11) is 2.08. The largest absolute Gasteiger partial charge is 0.377 e. The van der Waals surface area contributed by atoms with Gasteiger partial charge < -0.3 is 10.5 Å². The molecule has 2 atom stereocenters. The summed E-state index contributed by atoms with van der Waals surface area (Å²) in [4.78, 5) is 2.26. The van der Waals surface area contributed by atoms with Crippen LogP contribution in [0.3, 0.4) is 0 Å². The smallest absolute Gasteiger partial charge is 0.123 e. The van der Waals surface area contributed by atoms with Crippen LogP contribution >= 0.6 is 0 Å². The number of hydrogen-bond donors (Lipinski definition) is 1. The van der Waals surface area contributed by atoms with Crippen molar-refractivity contribution < 1.29 is 9.13 Å². The molecular formula is C16H25FN2O. The topological polar surface area (TPSA) is 38.5 Å². The van der Waals surface area contributed by atoms with Crippen LogP contribution in [0.2, 0.25) is 0 Å². The molecule has 1 aromatic carbocycles. The Morgan fingerprint density at radius 1 is 1.50 bits per heavy atom. The van der Waals surface area contributed by atoms with Crippen molar-refractivity contribution >= 4 is 0 Å². The van der Waals surface area contributed by atoms with Crippen LogP contribution in [-0.4, -0.2) is 43.3 Å². The molecule has 1 fully saturated rings. The Morgan fingerprint density at radius 3 is 2.90 bits per heavy atom. The van der Waals surface area contributed by atoms with Gasteiger partial charge in [0.05, 0.1) is 6.10 Å². The van der Waals surface area contributed by atoms with Crippen LogP contribution in [0.5, 0.6) is 0 Å². The van der Waals surface area contributed by atoms with Crippen LogP contribution in [-0.2, 0) is 11.2 Å². The molecule has 2 rings (SSSR count). The number of likely N-dealkylation sites (N-methyl/N-ethyl adjacent to an activating group) is 1. The second-order valence-electron chi connectivity index (χ2n) is 6.02. The van der Waals surface area contributed by atoms with E-state index in [1.54, 1.807) is 12.1 Å². The third-order valence-corrected chi connectivity index (χ3v) is 4.34. The molecule has 2 N–H and O–H groups in total. The lowest BCUT2D eigenvalue weighted by molar-refractivity contribution is 0.0433. The lowest BCUT2D eigenvalue weighted by Crippen LogP contribution is -2.53. The van der Waals surface area contributed by atoms with E-state index in [1.165, 1.54) is 6.07 Å². The maximum Gasteiger partial charge on any atom is 0.123 e. The molecule has 112 valence electrons. The summed E-state index contributed by atoms with van der Waals surface area (Å²) in [6.45, 7) is 4.41. The lowest BCUT2D eigenvalue weighted by atomic mass is 9.91. The molecule has 4 heteroatoms. The molecule has 0 aromatic heterocycles. The number of ether oxygens (including phenoxy) is 1. The Bertz CT molecular complexity index is 434. The molecule has 1 aliphatic heterocycles. The second kappa shape index (κ2) is 6.66. The van der Waals surface area contributed by atoms with Crippen molar-refractivity contribution in [2.45, 2.75) is 37.8 Å². The van der Waals surface area contributed by atoms with Gasteiger partial charge in [0.15, 0.2) is 0 Å². The number of rotatable bonds is 6. The number of halogens is 1. The van der Waals surface area contributed by atoms with Crippen LogP contribution in [0, 0.1) is 5.82 Å². The van der Waals surface area contributed by atoms with Gasteiger partial charge in [-0.15, -0.1) is 0 Å². The monoisotopic (exact) mass is 280 g/mol. The highest BCUT2D eigenvalue weighted by Gasteiger charge is 2.30. The molecular weight excluding hydrogens is 255 g/mol. The van der Waals surface area contributed by atoms with Gasteiger partial charge in [-0.25, -0.2) is 4.39 Å². The molecule has 20 heavy (non-hydrogen) atoms. The summed E-state index contributed by atoms with van der Waals surface area (Å²) < 4.78 is 19.0. The first kappa shape index (κ1) is 15.4. The van der Waals surface area contributed by atoms with Gasteiger partial charge in [-0.1, -0.05) is 12.1 Å². The van der Waals surface area contributed by atoms with E-state index in [9.17, 15) is 4.39 Å². The first-order valence-corrected chi connectivity index (χ1v) is 7.31. The highest BCUT2D eigenvalue weighted by atomic mass is 19.1. The summed E-state index contributed by atoms with van der Waals surface area (Å²) in [6.07, 6.45) is 3.30. The van der Waals surface area contributed by atoms with Crippen molar-refractivity contribution in [3.63, 3.8) is 0 Å². The predicted molar refractivity (Wildman–Crippen MR) is 79.2 cm³/mol. The van der Waals surface area contributed by atoms with Crippen molar-refractivity contribution in [2.24, 2.45) is 5.73 Å². The van der Waals surface area contributed by atoms with E-state index in [2.05, 4.69) is 18.9 Å². The third kappa shape index (κ3) is 3.78. The maximum atomic E-state index is 13.3. The van der Waals surface area contributed by atoms with Crippen LogP contribution in [0.15, 0.2) is 24.3 Å². The number of benzene rings is 1. The normalized spacial score (nSPS) is 22.1. The van der Waals surface area contributed by atoms with E-state index < -0.39 is 0 Å². The fourth-order valence-corrected chi connectivity index (χ4v) is 2.76. The minimum absolute atomic E-state index is 0.181. The Kier molecular flexibility index (Phi) is 5.13. The Hall–Kier alpha value is -0.970. The van der Waals surface area contributed by atoms with Gasteiger partial charge in [0, 0.05) is 25.2 Å². The van der Waals surface area contributed by atoms with Gasteiger partial charge in [0.25, 0.3) is 0 Å². The quantitative estimate of drug-likeness (QED) is 0.868. The molecule has 1 aromatic rings. The Labute approximate surface area is 120 Å². The minimum atomic E-state index is -0.191. The Balaban J connectivity index is 2.03. The van der Waals surface area contributed by atoms with Gasteiger partial charge >= 0.3 is 0 Å². The van der Waals surface area contributed by atoms with E-state index in [4.69, 9.17) is 10.5 Å². The third-order valence-electron chi connectivity index (χ3n) is 4.34. The minimum Gasteiger partial charge on any atom is -0.377 e. The molecule has 0 amide bonds. The van der Waals surface area contributed by atoms with Crippen molar-refractivity contribution in [3.8, 4) is 0 Å². The zero-order valence-corrected chi connectivity index (χ0v) is 12.4. The molecule has 0 aliphatic carbocycles. The zero-order chi connectivity index (χ0) is 14.6. The first-order chi connectivity index (χ1) is 9.53. The van der Waals surface area contributed by atoms with E-state index in [0.717, 1.165) is 38.0 Å². The van der Waals surface area contributed by atoms with Crippen LogP contribution in [0.1, 0.15) is 25.3 Å². The number of hydrogen-bond acceptors (Lipinski definition) is 3. The number of nitrogens with two attached hydrogens (primary N) is 1. The molecule has 1 aliphatic rings. The average Bonchev–Trinajstić information content (AvgIpc) is 2.91. The average molecular weight is 280 g/mol. The highest BCUT2D eigenvalue weighted by molar-refractivity contribution is 5.19. The highest BCUT2D eigenvalue weighted by Crippen LogP contribution is 2.22. The van der Waals surface area contributed by atoms with E-state index in [-0.39, 0.29) is 11.4 Å². The van der Waals surface area contributed by atoms with E-state index in [0.29, 0.717) is 12.6 Å². The van der Waals surface area contributed by atoms with E-state index in [1.807, 2.05) is 6.07 Å². The molecule has 2 unspecified atom stereocenters. The summed E-state index contributed by atoms with van der Waals surface area (Å²) >= 11 is 0. The fourth-order valence-electron chi connectivity index (χ4n) is 2.76. The first-order valence-electron chi connectivity index (χ1n) is 7.31. The standard InChI is InChI=1S/C16H25FN2O/c1-16(12-18,10-13-5-3-6-14(17)9-13)19(2)11-15-7-4-8-20-15/h3,5-6,9,15H,4,7-8,10-12,18H2,1-2H3. The second-order valence-corrected chi connectivity index (χ2v) is 6.02. The van der Waals surface area contributed by atoms with Crippen molar-refractivity contribution in [3.05, 3.63) is 35.6 Å². The van der Waals surface area contributed by atoms with Gasteiger partial charge in [0.2, 0.25) is 0 Å². The zero-order valence-electron chi connectivity index (χ0n) is 12.4. The van der Waals surface area contributed by atoms with Crippen LogP contribution in [0.25, 0.3) is 0 Å². The van der Waals surface area contributed by atoms with E-state index >= 15 is 0 Å². The molecule has 0 bridgehead atoms. The van der Waals surface area contributed by atoms with Crippen molar-refractivity contribution in [1.29, 1.82) is 0 Å². The predicted octanol–water partition coefficient (Wildman–Crippen LogP) is 2.20. The van der Waals surface area contributed by atoms with Gasteiger partial charge in [-0.3, -0.25) is 4.90 Å².